The molecule has 22 nitrogen and oxygen atoms in total. The third-order valence-corrected chi connectivity index (χ3v) is 21.2. The van der Waals surface area contributed by atoms with E-state index in [9.17, 15) is 28.4 Å². The Morgan fingerprint density at radius 1 is 0.514 bits per heavy atom. The second-order valence-electron chi connectivity index (χ2n) is 26.3. The van der Waals surface area contributed by atoms with Crippen LogP contribution in [-0.2, 0) is 62.2 Å². The first-order valence-electron chi connectivity index (χ1n) is 34.0. The van der Waals surface area contributed by atoms with Crippen LogP contribution in [0.2, 0.25) is 5.02 Å². The van der Waals surface area contributed by atoms with E-state index in [0.29, 0.717) is 120 Å². The summed E-state index contributed by atoms with van der Waals surface area (Å²) in [4.78, 5) is 44.7. The van der Waals surface area contributed by atoms with E-state index in [4.69, 9.17) is 75.8 Å². The molecule has 7 aliphatic heterocycles. The zero-order chi connectivity index (χ0) is 79.2. The summed E-state index contributed by atoms with van der Waals surface area (Å²) >= 11 is 21.1. The Hall–Kier alpha value is -10.8. The molecule has 0 saturated carbocycles. The van der Waals surface area contributed by atoms with Crippen LogP contribution >= 0.6 is 71.6 Å². The summed E-state index contributed by atoms with van der Waals surface area (Å²) in [6.45, 7) is 11.1. The molecule has 0 bridgehead atoms. The number of amidine groups is 4. The third-order valence-electron chi connectivity index (χ3n) is 18.6. The predicted octanol–water partition coefficient (Wildman–Crippen LogP) is 16.9. The van der Waals surface area contributed by atoms with Crippen LogP contribution in [0.15, 0.2) is 135 Å². The molecule has 30 heteroatoms. The Bertz CT molecular complexity index is 5160. The second kappa shape index (κ2) is 36.4. The molecule has 8 aromatic rings. The first-order valence-corrected chi connectivity index (χ1v) is 37.2. The van der Waals surface area contributed by atoms with Gasteiger partial charge in [-0.15, -0.1) is 0 Å². The van der Waals surface area contributed by atoms with Gasteiger partial charge in [-0.3, -0.25) is 55.8 Å². The molecule has 9 heterocycles. The Kier molecular flexibility index (Phi) is 27.5. The fraction of sp³-hybridized carbons (Fsp3) is 0.253. The molecule has 3 amide bonds. The first-order chi connectivity index (χ1) is 51.9. The summed E-state index contributed by atoms with van der Waals surface area (Å²) < 4.78 is 40.4. The number of hydrogen-bond donors (Lipinski definition) is 8. The van der Waals surface area contributed by atoms with Gasteiger partial charge in [-0.2, -0.15) is 26.3 Å². The molecule has 1 saturated heterocycles. The minimum Gasteiger partial charge on any atom is -0.399 e. The highest BCUT2D eigenvalue weighted by Gasteiger charge is 2.52. The van der Waals surface area contributed by atoms with Crippen molar-refractivity contribution in [1.82, 2.24) is 9.97 Å². The molecule has 15 rings (SSSR count). The van der Waals surface area contributed by atoms with Crippen LogP contribution in [-0.4, -0.2) is 74.3 Å². The van der Waals surface area contributed by atoms with Gasteiger partial charge in [-0.05, 0) is 240 Å². The van der Waals surface area contributed by atoms with Gasteiger partial charge in [0.05, 0.1) is 73.8 Å². The van der Waals surface area contributed by atoms with E-state index in [-0.39, 0.29) is 29.4 Å². The van der Waals surface area contributed by atoms with Crippen molar-refractivity contribution < 1.29 is 32.5 Å². The Balaban J connectivity index is 0.000000148. The first kappa shape index (κ1) is 82.3. The van der Waals surface area contributed by atoms with Gasteiger partial charge in [0, 0.05) is 109 Å². The fourth-order valence-corrected chi connectivity index (χ4v) is 14.4. The quantitative estimate of drug-likeness (QED) is 0.0345. The number of carbonyl (C=O) groups excluding carboxylic acids is 3. The SMILES string of the molecule is CC(=N)N1C(=N)CCc2c1ccc(-c1cncc(F)c1)c2C#N.CC(=N)N1C(=N)CCc2c1ccc(Br)c2C#N.CC1(C)OB(c2cncc(F)c2)OC1(C)C.N#Cc1c(Br)ccc2c1CCC(=O)N2.N#Cc1c(Br)ccc2c1CCC(=S)N2.N#Cc1cccc2c1CCC(=O)N2.O=C1CCc2c(Cl)cccc2N1. The van der Waals surface area contributed by atoms with Crippen molar-refractivity contribution in [3.8, 4) is 41.5 Å². The van der Waals surface area contributed by atoms with Crippen LogP contribution in [0.4, 0.5) is 42.9 Å². The molecule has 552 valence electrons. The minimum atomic E-state index is -0.548. The predicted molar refractivity (Wildman–Crippen MR) is 433 cm³/mol. The summed E-state index contributed by atoms with van der Waals surface area (Å²) in [5.41, 5.74) is 14.6. The maximum Gasteiger partial charge on any atom is 0.496 e. The molecule has 2 aromatic heterocycles. The average molecular weight is 1690 g/mol. The van der Waals surface area contributed by atoms with Crippen LogP contribution in [0.3, 0.4) is 0 Å². The van der Waals surface area contributed by atoms with Gasteiger partial charge >= 0.3 is 7.12 Å². The summed E-state index contributed by atoms with van der Waals surface area (Å²) in [5.74, 6) is 0.582. The van der Waals surface area contributed by atoms with Crippen molar-refractivity contribution in [2.24, 2.45) is 0 Å². The number of nitrogens with one attached hydrogen (secondary N) is 8. The highest BCUT2D eigenvalue weighted by atomic mass is 79.9. The molecule has 109 heavy (non-hydrogen) atoms. The normalized spacial score (nSPS) is 15.3. The second-order valence-corrected chi connectivity index (χ2v) is 29.8. The van der Waals surface area contributed by atoms with Crippen LogP contribution in [0.25, 0.3) is 11.1 Å². The van der Waals surface area contributed by atoms with Crippen molar-refractivity contribution in [2.45, 2.75) is 130 Å². The number of anilines is 6. The number of rotatable bonds is 2. The zero-order valence-electron chi connectivity index (χ0n) is 59.9. The molecule has 0 spiro atoms. The average Bonchev–Trinajstić information content (AvgIpc) is 1.68. The summed E-state index contributed by atoms with van der Waals surface area (Å²) in [7, 11) is -0.548. The Labute approximate surface area is 665 Å². The highest BCUT2D eigenvalue weighted by Crippen LogP contribution is 2.40. The largest absolute Gasteiger partial charge is 0.496 e. The number of fused-ring (bicyclic) bond motifs is 6. The van der Waals surface area contributed by atoms with Gasteiger partial charge in [-0.1, -0.05) is 42.0 Å². The van der Waals surface area contributed by atoms with E-state index >= 15 is 0 Å². The lowest BCUT2D eigenvalue weighted by atomic mass is 9.80. The molecule has 6 aromatic carbocycles. The summed E-state index contributed by atoms with van der Waals surface area (Å²) in [5, 5.41) is 89.1. The third kappa shape index (κ3) is 19.6. The fourth-order valence-electron chi connectivity index (χ4n) is 12.6. The zero-order valence-corrected chi connectivity index (χ0v) is 66.2. The lowest BCUT2D eigenvalue weighted by molar-refractivity contribution is -0.117. The van der Waals surface area contributed by atoms with Gasteiger partial charge in [0.1, 0.15) is 59.3 Å². The molecule has 1 fully saturated rings. The topological polar surface area (TPSA) is 364 Å². The van der Waals surface area contributed by atoms with Crippen LogP contribution in [0.5, 0.6) is 0 Å². The molecule has 8 N–H and O–H groups in total. The molecule has 7 aliphatic rings. The summed E-state index contributed by atoms with van der Waals surface area (Å²) in [6.07, 6.45) is 12.8. The van der Waals surface area contributed by atoms with Gasteiger partial charge in [0.15, 0.2) is 0 Å². The van der Waals surface area contributed by atoms with E-state index in [0.717, 1.165) is 122 Å². The number of carbonyl (C=O) groups is 3. The smallest absolute Gasteiger partial charge is 0.399 e. The highest BCUT2D eigenvalue weighted by molar-refractivity contribution is 9.11. The molecular weight excluding hydrogens is 1620 g/mol. The van der Waals surface area contributed by atoms with Gasteiger partial charge in [-0.25, -0.2) is 8.78 Å². The number of thiocarbonyl (C=S) groups is 1. The van der Waals surface area contributed by atoms with E-state index < -0.39 is 24.1 Å². The Morgan fingerprint density at radius 3 is 1.42 bits per heavy atom. The van der Waals surface area contributed by atoms with Crippen molar-refractivity contribution in [1.29, 1.82) is 47.9 Å². The molecule has 0 radical (unpaired) electrons. The van der Waals surface area contributed by atoms with Crippen molar-refractivity contribution in [2.75, 3.05) is 31.1 Å². The number of benzene rings is 6. The van der Waals surface area contributed by atoms with E-state index in [2.05, 4.69) is 109 Å². The minimum absolute atomic E-state index is 0.0173. The van der Waals surface area contributed by atoms with Gasteiger partial charge in [0.2, 0.25) is 17.7 Å². The number of amides is 3. The van der Waals surface area contributed by atoms with Crippen LogP contribution < -0.4 is 36.5 Å². The maximum atomic E-state index is 13.4. The monoisotopic (exact) mass is 1690 g/mol. The van der Waals surface area contributed by atoms with Crippen molar-refractivity contribution in [3.05, 3.63) is 213 Å². The van der Waals surface area contributed by atoms with E-state index in [1.54, 1.807) is 61.3 Å². The van der Waals surface area contributed by atoms with E-state index in [1.807, 2.05) is 76.2 Å². The van der Waals surface area contributed by atoms with Gasteiger partial charge in [0.25, 0.3) is 0 Å². The number of pyridine rings is 2. The number of nitriles is 5. The van der Waals surface area contributed by atoms with Crippen LogP contribution in [0, 0.1) is 89.9 Å². The molecule has 0 atom stereocenters. The standard InChI is InChI=1S/C17H14FN5.C12H11BrN4.C11H15BFNO2.C10H7BrN2O.C10H7BrN2S.C10H8N2O.C9H8ClNO/c1-10(20)23-16-4-2-13(11-6-12(18)9-22-8-11)15(7-19)14(16)3-5-17(23)21;1-7(15)17-11-4-3-10(13)9(6-14)8(11)2-5-12(17)16;1-10(2)11(3,4)16-12(15-10)8-5-9(13)7-14-6-8;2*11-8-2-3-9-6(7(8)5-12)1-4-10(14)13-9;11-6-7-2-1-3-9-8(7)4-5-10(13)12-9;10-7-2-1-3-8-6(7)4-5-9(12)11-8/h2,4,6,8-9,20-21H,3,5H2,1H3;3-4,15-16H,2,5H2,1H3;5-7H,1-4H3;2*2-3H,1,4H2,(H,13,14);1-3H,4-5H2,(H,12,13);1-3H,4-5H2,(H,11,12). The van der Waals surface area contributed by atoms with Crippen molar-refractivity contribution in [3.63, 3.8) is 0 Å². The summed E-state index contributed by atoms with van der Waals surface area (Å²) in [6, 6.07) is 39.1. The van der Waals surface area contributed by atoms with Crippen molar-refractivity contribution >= 4 is 164 Å². The number of halogens is 6. The maximum absolute atomic E-state index is 13.4. The van der Waals surface area contributed by atoms with Crippen LogP contribution in [0.1, 0.15) is 141 Å². The molecular formula is C79H70BBr3ClF2N17O5S. The number of hydrogen-bond acceptors (Lipinski definition) is 17. The molecule has 0 aliphatic carbocycles. The van der Waals surface area contributed by atoms with Gasteiger partial charge < -0.3 is 30.6 Å². The lowest BCUT2D eigenvalue weighted by Crippen LogP contribution is -2.41. The number of nitrogens with zero attached hydrogens (tertiary/aromatic N) is 9. The van der Waals surface area contributed by atoms with E-state index in [1.165, 1.54) is 23.2 Å². The number of aromatic nitrogens is 2. The Morgan fingerprint density at radius 2 is 0.927 bits per heavy atom. The molecule has 0 unspecified atom stereocenters. The lowest BCUT2D eigenvalue weighted by Gasteiger charge is -2.32.